The first-order valence-corrected chi connectivity index (χ1v) is 9.33. The SMILES string of the molecule is CC(C)CC[C@@]1(C)NC(=O)N(CC(=O)OCn2nnc3ccccc3c2=O)C1=O. The van der Waals surface area contributed by atoms with E-state index in [1.165, 1.54) is 0 Å². The minimum absolute atomic E-state index is 0.341. The highest BCUT2D eigenvalue weighted by Crippen LogP contribution is 2.24. The number of fused-ring (bicyclic) bond motifs is 1. The van der Waals surface area contributed by atoms with Gasteiger partial charge in [-0.05, 0) is 37.8 Å². The quantitative estimate of drug-likeness (QED) is 0.543. The average Bonchev–Trinajstić information content (AvgIpc) is 2.89. The van der Waals surface area contributed by atoms with Gasteiger partial charge in [0.05, 0.1) is 5.39 Å². The van der Waals surface area contributed by atoms with Crippen LogP contribution in [0.5, 0.6) is 0 Å². The fourth-order valence-electron chi connectivity index (χ4n) is 3.05. The van der Waals surface area contributed by atoms with Crippen molar-refractivity contribution < 1.29 is 19.1 Å². The van der Waals surface area contributed by atoms with Crippen LogP contribution in [0.4, 0.5) is 4.79 Å². The van der Waals surface area contributed by atoms with Gasteiger partial charge in [-0.1, -0.05) is 31.2 Å². The van der Waals surface area contributed by atoms with Gasteiger partial charge >= 0.3 is 12.0 Å². The lowest BCUT2D eigenvalue weighted by atomic mass is 9.92. The van der Waals surface area contributed by atoms with E-state index < -0.39 is 42.3 Å². The Morgan fingerprint density at radius 1 is 1.24 bits per heavy atom. The van der Waals surface area contributed by atoms with E-state index in [0.29, 0.717) is 23.2 Å². The van der Waals surface area contributed by atoms with Gasteiger partial charge in [0.25, 0.3) is 11.5 Å². The molecule has 2 aromatic rings. The van der Waals surface area contributed by atoms with E-state index in [2.05, 4.69) is 15.6 Å². The lowest BCUT2D eigenvalue weighted by Gasteiger charge is -2.22. The fraction of sp³-hybridized carbons (Fsp3) is 0.474. The molecule has 3 rings (SSSR count). The number of imide groups is 1. The lowest BCUT2D eigenvalue weighted by Crippen LogP contribution is -2.44. The van der Waals surface area contributed by atoms with Gasteiger partial charge in [0.15, 0.2) is 6.73 Å². The Bertz CT molecular complexity index is 1020. The average molecular weight is 401 g/mol. The predicted octanol–water partition coefficient (Wildman–Crippen LogP) is 1.04. The summed E-state index contributed by atoms with van der Waals surface area (Å²) < 4.78 is 5.93. The number of nitrogens with one attached hydrogen (secondary N) is 1. The summed E-state index contributed by atoms with van der Waals surface area (Å²) in [4.78, 5) is 50.1. The zero-order valence-corrected chi connectivity index (χ0v) is 16.5. The van der Waals surface area contributed by atoms with E-state index in [1.54, 1.807) is 31.2 Å². The van der Waals surface area contributed by atoms with Gasteiger partial charge in [-0.3, -0.25) is 19.3 Å². The van der Waals surface area contributed by atoms with Crippen LogP contribution in [0.25, 0.3) is 10.9 Å². The molecule has 1 aliphatic heterocycles. The van der Waals surface area contributed by atoms with Gasteiger partial charge in [0.1, 0.15) is 17.6 Å². The summed E-state index contributed by atoms with van der Waals surface area (Å²) >= 11 is 0. The van der Waals surface area contributed by atoms with Gasteiger partial charge < -0.3 is 10.1 Å². The van der Waals surface area contributed by atoms with Gasteiger partial charge in [0.2, 0.25) is 0 Å². The summed E-state index contributed by atoms with van der Waals surface area (Å²) in [6.07, 6.45) is 1.23. The number of esters is 1. The summed E-state index contributed by atoms with van der Waals surface area (Å²) in [5.74, 6) is -0.928. The number of ether oxygens (including phenoxy) is 1. The molecule has 1 fully saturated rings. The van der Waals surface area contributed by atoms with E-state index >= 15 is 0 Å². The maximum absolute atomic E-state index is 12.6. The predicted molar refractivity (Wildman–Crippen MR) is 103 cm³/mol. The molecule has 0 aliphatic carbocycles. The van der Waals surface area contributed by atoms with Crippen LogP contribution in [0.3, 0.4) is 0 Å². The van der Waals surface area contributed by atoms with E-state index in [9.17, 15) is 19.2 Å². The second-order valence-electron chi connectivity index (χ2n) is 7.64. The summed E-state index contributed by atoms with van der Waals surface area (Å²) in [7, 11) is 0. The van der Waals surface area contributed by atoms with Crippen LogP contribution in [-0.4, -0.2) is 49.9 Å². The zero-order valence-electron chi connectivity index (χ0n) is 16.5. The molecule has 3 amide bonds. The second kappa shape index (κ2) is 7.98. The van der Waals surface area contributed by atoms with Crippen LogP contribution >= 0.6 is 0 Å². The minimum atomic E-state index is -1.04. The molecule has 1 aliphatic rings. The molecule has 0 radical (unpaired) electrons. The van der Waals surface area contributed by atoms with Crippen LogP contribution in [-0.2, 0) is 21.1 Å². The highest BCUT2D eigenvalue weighted by Gasteiger charge is 2.48. The zero-order chi connectivity index (χ0) is 21.2. The van der Waals surface area contributed by atoms with E-state index in [1.807, 2.05) is 13.8 Å². The molecule has 154 valence electrons. The van der Waals surface area contributed by atoms with E-state index in [4.69, 9.17) is 4.74 Å². The standard InChI is InChI=1S/C19H23N5O5/c1-12(2)8-9-19(3)17(27)23(18(28)20-19)10-15(25)29-11-24-16(26)13-6-4-5-7-14(13)21-22-24/h4-7,12H,8-11H2,1-3H3,(H,20,28)/t19-/m1/s1. The van der Waals surface area contributed by atoms with E-state index in [-0.39, 0.29) is 0 Å². The number of benzene rings is 1. The maximum atomic E-state index is 12.6. The van der Waals surface area contributed by atoms with Crippen molar-refractivity contribution in [3.05, 3.63) is 34.6 Å². The first-order valence-electron chi connectivity index (χ1n) is 9.33. The first kappa shape index (κ1) is 20.4. The Hall–Kier alpha value is -3.30. The van der Waals surface area contributed by atoms with Gasteiger partial charge in [-0.25, -0.2) is 4.79 Å². The number of carbonyl (C=O) groups excluding carboxylic acids is 3. The van der Waals surface area contributed by atoms with Crippen molar-refractivity contribution in [3.8, 4) is 0 Å². The maximum Gasteiger partial charge on any atom is 0.328 e. The Labute approximate surface area is 166 Å². The van der Waals surface area contributed by atoms with Crippen molar-refractivity contribution in [1.82, 2.24) is 25.2 Å². The number of nitrogens with zero attached hydrogens (tertiary/aromatic N) is 4. The Kier molecular flexibility index (Phi) is 5.62. The van der Waals surface area contributed by atoms with Gasteiger partial charge in [-0.2, -0.15) is 4.68 Å². The largest absolute Gasteiger partial charge is 0.441 e. The molecule has 0 unspecified atom stereocenters. The van der Waals surface area contributed by atoms with Gasteiger partial charge in [-0.15, -0.1) is 5.10 Å². The lowest BCUT2D eigenvalue weighted by molar-refractivity contribution is -0.151. The van der Waals surface area contributed by atoms with Crippen LogP contribution < -0.4 is 10.9 Å². The monoisotopic (exact) mass is 401 g/mol. The number of hydrogen-bond acceptors (Lipinski definition) is 7. The normalized spacial score (nSPS) is 19.1. The summed E-state index contributed by atoms with van der Waals surface area (Å²) in [5, 5.41) is 10.6. The summed E-state index contributed by atoms with van der Waals surface area (Å²) in [6, 6.07) is 6.02. The third-order valence-corrected chi connectivity index (χ3v) is 4.83. The van der Waals surface area contributed by atoms with Crippen molar-refractivity contribution in [3.63, 3.8) is 0 Å². The number of amides is 3. The molecule has 1 aromatic carbocycles. The Balaban J connectivity index is 1.62. The first-order chi connectivity index (χ1) is 13.7. The molecule has 2 heterocycles. The second-order valence-corrected chi connectivity index (χ2v) is 7.64. The molecule has 0 bridgehead atoms. The third-order valence-electron chi connectivity index (χ3n) is 4.83. The number of urea groups is 1. The molecular formula is C19H23N5O5. The van der Waals surface area contributed by atoms with Crippen LogP contribution in [0.1, 0.15) is 33.6 Å². The van der Waals surface area contributed by atoms with E-state index in [0.717, 1.165) is 16.0 Å². The molecule has 1 atom stereocenters. The molecule has 1 N–H and O–H groups in total. The topological polar surface area (TPSA) is 123 Å². The van der Waals surface area contributed by atoms with Crippen molar-refractivity contribution in [1.29, 1.82) is 0 Å². The minimum Gasteiger partial charge on any atom is -0.441 e. The molecular weight excluding hydrogens is 378 g/mol. The molecule has 10 nitrogen and oxygen atoms in total. The van der Waals surface area contributed by atoms with Crippen molar-refractivity contribution in [2.75, 3.05) is 6.54 Å². The molecule has 0 spiro atoms. The summed E-state index contributed by atoms with van der Waals surface area (Å²) in [6.45, 7) is 4.68. The Morgan fingerprint density at radius 3 is 2.69 bits per heavy atom. The van der Waals surface area contributed by atoms with Crippen LogP contribution in [0.2, 0.25) is 0 Å². The molecule has 1 aromatic heterocycles. The third kappa shape index (κ3) is 4.25. The molecule has 29 heavy (non-hydrogen) atoms. The highest BCUT2D eigenvalue weighted by atomic mass is 16.5. The number of hydrogen-bond donors (Lipinski definition) is 1. The smallest absolute Gasteiger partial charge is 0.328 e. The number of carbonyl (C=O) groups is 3. The Morgan fingerprint density at radius 2 is 1.97 bits per heavy atom. The van der Waals surface area contributed by atoms with Gasteiger partial charge in [0, 0.05) is 0 Å². The molecule has 10 heteroatoms. The molecule has 1 saturated heterocycles. The highest BCUT2D eigenvalue weighted by molar-refractivity contribution is 6.08. The fourth-order valence-corrected chi connectivity index (χ4v) is 3.05. The van der Waals surface area contributed by atoms with Crippen LogP contribution in [0, 0.1) is 5.92 Å². The number of rotatable bonds is 7. The van der Waals surface area contributed by atoms with Crippen molar-refractivity contribution >= 4 is 28.8 Å². The molecule has 0 saturated carbocycles. The summed E-state index contributed by atoms with van der Waals surface area (Å²) in [5.41, 5.74) is -1.07. The van der Waals surface area contributed by atoms with Crippen molar-refractivity contribution in [2.45, 2.75) is 45.9 Å². The number of aromatic nitrogens is 3. The van der Waals surface area contributed by atoms with Crippen LogP contribution in [0.15, 0.2) is 29.1 Å². The van der Waals surface area contributed by atoms with Crippen molar-refractivity contribution in [2.24, 2.45) is 5.92 Å².